The number of piperidine rings is 1. The zero-order valence-corrected chi connectivity index (χ0v) is 17.0. The Morgan fingerprint density at radius 2 is 1.85 bits per heavy atom. The topological polar surface area (TPSA) is 69.7 Å². The van der Waals surface area contributed by atoms with Gasteiger partial charge in [0.25, 0.3) is 0 Å². The molecule has 8 heteroatoms. The van der Waals surface area contributed by atoms with E-state index in [4.69, 9.17) is 11.6 Å². The zero-order valence-electron chi connectivity index (χ0n) is 15.4. The molecule has 0 aromatic heterocycles. The number of anilines is 1. The van der Waals surface area contributed by atoms with E-state index in [9.17, 15) is 13.2 Å². The number of carbonyl (C=O) groups excluding carboxylic acids is 1. The van der Waals surface area contributed by atoms with Crippen LogP contribution in [0.4, 0.5) is 5.69 Å². The quantitative estimate of drug-likeness (QED) is 0.679. The molecule has 6 nitrogen and oxygen atoms in total. The zero-order chi connectivity index (χ0) is 19.2. The van der Waals surface area contributed by atoms with Crippen LogP contribution < -0.4 is 9.62 Å². The van der Waals surface area contributed by atoms with Crippen LogP contribution in [-0.2, 0) is 14.8 Å². The number of likely N-dealkylation sites (tertiary alicyclic amines) is 1. The van der Waals surface area contributed by atoms with E-state index < -0.39 is 16.1 Å². The number of hydrogen-bond donors (Lipinski definition) is 1. The van der Waals surface area contributed by atoms with Crippen molar-refractivity contribution in [2.24, 2.45) is 0 Å². The molecule has 1 atom stereocenters. The number of nitrogens with one attached hydrogen (secondary N) is 1. The fourth-order valence-electron chi connectivity index (χ4n) is 3.24. The number of sulfonamides is 1. The summed E-state index contributed by atoms with van der Waals surface area (Å²) in [6.07, 6.45) is 5.75. The van der Waals surface area contributed by atoms with Crippen LogP contribution in [0.3, 0.4) is 0 Å². The largest absolute Gasteiger partial charge is 0.354 e. The van der Waals surface area contributed by atoms with Crippen molar-refractivity contribution >= 4 is 33.2 Å². The number of hydrogen-bond acceptors (Lipinski definition) is 4. The van der Waals surface area contributed by atoms with Crippen molar-refractivity contribution in [2.45, 2.75) is 38.6 Å². The van der Waals surface area contributed by atoms with Crippen LogP contribution in [-0.4, -0.2) is 57.7 Å². The lowest BCUT2D eigenvalue weighted by Gasteiger charge is -2.29. The highest BCUT2D eigenvalue weighted by atomic mass is 35.5. The first-order valence-corrected chi connectivity index (χ1v) is 11.3. The minimum absolute atomic E-state index is 0.302. The Morgan fingerprint density at radius 3 is 2.42 bits per heavy atom. The summed E-state index contributed by atoms with van der Waals surface area (Å²) >= 11 is 5.87. The molecule has 1 saturated heterocycles. The Morgan fingerprint density at radius 1 is 1.23 bits per heavy atom. The summed E-state index contributed by atoms with van der Waals surface area (Å²) in [4.78, 5) is 14.9. The molecule has 1 heterocycles. The maximum absolute atomic E-state index is 12.5. The average molecular weight is 402 g/mol. The third-order valence-electron chi connectivity index (χ3n) is 4.57. The predicted molar refractivity (Wildman–Crippen MR) is 106 cm³/mol. The summed E-state index contributed by atoms with van der Waals surface area (Å²) in [5, 5.41) is 3.37. The number of rotatable bonds is 8. The van der Waals surface area contributed by atoms with Crippen LogP contribution in [0.1, 0.15) is 32.6 Å². The van der Waals surface area contributed by atoms with Crippen molar-refractivity contribution in [2.75, 3.05) is 36.7 Å². The molecular formula is C18H28ClN3O3S. The minimum atomic E-state index is -3.60. The van der Waals surface area contributed by atoms with E-state index in [2.05, 4.69) is 10.2 Å². The number of carbonyl (C=O) groups is 1. The first-order chi connectivity index (χ1) is 12.3. The molecule has 146 valence electrons. The van der Waals surface area contributed by atoms with E-state index in [0.717, 1.165) is 36.6 Å². The van der Waals surface area contributed by atoms with Gasteiger partial charge in [-0.2, -0.15) is 0 Å². The van der Waals surface area contributed by atoms with Gasteiger partial charge in [-0.05, 0) is 70.1 Å². The van der Waals surface area contributed by atoms with Gasteiger partial charge in [0.05, 0.1) is 11.9 Å². The molecule has 0 unspecified atom stereocenters. The number of benzene rings is 1. The van der Waals surface area contributed by atoms with E-state index in [1.807, 2.05) is 0 Å². The molecule has 1 aliphatic heterocycles. The fraction of sp³-hybridized carbons (Fsp3) is 0.611. The van der Waals surface area contributed by atoms with Crippen LogP contribution in [0.15, 0.2) is 24.3 Å². The molecule has 0 radical (unpaired) electrons. The number of amides is 1. The SMILES string of the molecule is C[C@H](C(=O)NCCCN1CCCCC1)N(c1ccc(Cl)cc1)S(C)(=O)=O. The standard InChI is InChI=1S/C18H28ClN3O3S/c1-15(18(23)20-11-6-14-21-12-4-3-5-13-21)22(26(2,24)25)17-9-7-16(19)8-10-17/h7-10,15H,3-6,11-14H2,1-2H3,(H,20,23)/t15-/m1/s1. The minimum Gasteiger partial charge on any atom is -0.354 e. The van der Waals surface area contributed by atoms with Crippen molar-refractivity contribution in [3.63, 3.8) is 0 Å². The first kappa shape index (κ1) is 21.0. The van der Waals surface area contributed by atoms with Gasteiger partial charge < -0.3 is 10.2 Å². The second-order valence-electron chi connectivity index (χ2n) is 6.76. The van der Waals surface area contributed by atoms with Gasteiger partial charge in [-0.1, -0.05) is 18.0 Å². The second-order valence-corrected chi connectivity index (χ2v) is 9.05. The molecule has 0 aliphatic carbocycles. The summed E-state index contributed by atoms with van der Waals surface area (Å²) in [5.41, 5.74) is 0.424. The molecule has 1 fully saturated rings. The highest BCUT2D eigenvalue weighted by Gasteiger charge is 2.28. The van der Waals surface area contributed by atoms with Gasteiger partial charge in [-0.25, -0.2) is 8.42 Å². The highest BCUT2D eigenvalue weighted by Crippen LogP contribution is 2.23. The molecule has 2 rings (SSSR count). The van der Waals surface area contributed by atoms with Crippen LogP contribution >= 0.6 is 11.6 Å². The van der Waals surface area contributed by atoms with Crippen LogP contribution in [0.2, 0.25) is 5.02 Å². The summed E-state index contributed by atoms with van der Waals surface area (Å²) in [5.74, 6) is -0.302. The van der Waals surface area contributed by atoms with Crippen molar-refractivity contribution in [3.05, 3.63) is 29.3 Å². The van der Waals surface area contributed by atoms with E-state index in [1.165, 1.54) is 19.3 Å². The summed E-state index contributed by atoms with van der Waals surface area (Å²) in [6.45, 7) is 5.35. The fourth-order valence-corrected chi connectivity index (χ4v) is 4.54. The summed E-state index contributed by atoms with van der Waals surface area (Å²) in [6, 6.07) is 5.59. The first-order valence-electron chi connectivity index (χ1n) is 9.04. The maximum Gasteiger partial charge on any atom is 0.243 e. The average Bonchev–Trinajstić information content (AvgIpc) is 2.60. The smallest absolute Gasteiger partial charge is 0.243 e. The van der Waals surface area contributed by atoms with E-state index in [1.54, 1.807) is 31.2 Å². The van der Waals surface area contributed by atoms with E-state index >= 15 is 0 Å². The van der Waals surface area contributed by atoms with Gasteiger partial charge in [-0.3, -0.25) is 9.10 Å². The highest BCUT2D eigenvalue weighted by molar-refractivity contribution is 7.92. The Labute approximate surface area is 161 Å². The van der Waals surface area contributed by atoms with Gasteiger partial charge in [0, 0.05) is 11.6 Å². The molecule has 1 aromatic rings. The van der Waals surface area contributed by atoms with Crippen molar-refractivity contribution in [1.82, 2.24) is 10.2 Å². The Hall–Kier alpha value is -1.31. The lowest BCUT2D eigenvalue weighted by molar-refractivity contribution is -0.121. The molecule has 1 N–H and O–H groups in total. The molecule has 1 amide bonds. The molecule has 26 heavy (non-hydrogen) atoms. The molecular weight excluding hydrogens is 374 g/mol. The molecule has 0 bridgehead atoms. The normalized spacial score (nSPS) is 16.9. The van der Waals surface area contributed by atoms with Crippen molar-refractivity contribution < 1.29 is 13.2 Å². The Kier molecular flexibility index (Phi) is 7.73. The van der Waals surface area contributed by atoms with Crippen LogP contribution in [0.25, 0.3) is 0 Å². The van der Waals surface area contributed by atoms with Gasteiger partial charge in [0.2, 0.25) is 15.9 Å². The van der Waals surface area contributed by atoms with Gasteiger partial charge in [0.15, 0.2) is 0 Å². The third-order valence-corrected chi connectivity index (χ3v) is 6.06. The van der Waals surface area contributed by atoms with Crippen LogP contribution in [0, 0.1) is 0 Å². The lowest BCUT2D eigenvalue weighted by atomic mass is 10.1. The van der Waals surface area contributed by atoms with Crippen LogP contribution in [0.5, 0.6) is 0 Å². The molecule has 1 aliphatic rings. The maximum atomic E-state index is 12.5. The van der Waals surface area contributed by atoms with Gasteiger partial charge in [0.1, 0.15) is 6.04 Å². The van der Waals surface area contributed by atoms with Gasteiger partial charge in [-0.15, -0.1) is 0 Å². The summed E-state index contributed by atoms with van der Waals surface area (Å²) < 4.78 is 25.5. The Bertz CT molecular complexity index is 688. The van der Waals surface area contributed by atoms with E-state index in [-0.39, 0.29) is 5.91 Å². The molecule has 0 spiro atoms. The third kappa shape index (κ3) is 6.14. The van der Waals surface area contributed by atoms with Crippen molar-refractivity contribution in [3.8, 4) is 0 Å². The predicted octanol–water partition coefficient (Wildman–Crippen LogP) is 2.49. The van der Waals surface area contributed by atoms with Crippen molar-refractivity contribution in [1.29, 1.82) is 0 Å². The number of nitrogens with zero attached hydrogens (tertiary/aromatic N) is 2. The van der Waals surface area contributed by atoms with Gasteiger partial charge >= 0.3 is 0 Å². The summed E-state index contributed by atoms with van der Waals surface area (Å²) in [7, 11) is -3.60. The second kappa shape index (κ2) is 9.58. The lowest BCUT2D eigenvalue weighted by Crippen LogP contribution is -2.48. The monoisotopic (exact) mass is 401 g/mol. The van der Waals surface area contributed by atoms with E-state index in [0.29, 0.717) is 17.3 Å². The molecule has 1 aromatic carbocycles. The molecule has 0 saturated carbocycles. The number of halogens is 1. The Balaban J connectivity index is 1.91.